The summed E-state index contributed by atoms with van der Waals surface area (Å²) in [5.74, 6) is 1.29. The number of hydrogen-bond donors (Lipinski definition) is 1. The Morgan fingerprint density at radius 3 is 3.00 bits per heavy atom. The van der Waals surface area contributed by atoms with Gasteiger partial charge >= 0.3 is 6.03 Å². The van der Waals surface area contributed by atoms with Gasteiger partial charge in [0, 0.05) is 25.4 Å². The van der Waals surface area contributed by atoms with Crippen molar-refractivity contribution in [3.8, 4) is 5.75 Å². The number of nitrogens with one attached hydrogen (secondary N) is 1. The molecule has 0 aromatic carbocycles. The van der Waals surface area contributed by atoms with Gasteiger partial charge in [0.1, 0.15) is 17.7 Å². The van der Waals surface area contributed by atoms with E-state index in [4.69, 9.17) is 4.74 Å². The monoisotopic (exact) mass is 284 g/mol. The number of anilines is 1. The summed E-state index contributed by atoms with van der Waals surface area (Å²) in [6.45, 7) is 1.23. The van der Waals surface area contributed by atoms with Gasteiger partial charge in [-0.2, -0.15) is 0 Å². The van der Waals surface area contributed by atoms with Crippen LogP contribution in [0.3, 0.4) is 0 Å². The number of carbonyl (C=O) groups excluding carboxylic acids is 1. The lowest BCUT2D eigenvalue weighted by Gasteiger charge is -2.17. The third-order valence-corrected chi connectivity index (χ3v) is 3.27. The zero-order valence-corrected chi connectivity index (χ0v) is 11.5. The van der Waals surface area contributed by atoms with Crippen molar-refractivity contribution in [3.05, 3.63) is 48.9 Å². The van der Waals surface area contributed by atoms with Crippen LogP contribution in [0, 0.1) is 0 Å². The molecule has 3 heterocycles. The van der Waals surface area contributed by atoms with E-state index in [1.165, 1.54) is 0 Å². The van der Waals surface area contributed by atoms with Gasteiger partial charge in [-0.15, -0.1) is 0 Å². The van der Waals surface area contributed by atoms with Gasteiger partial charge in [-0.05, 0) is 24.3 Å². The van der Waals surface area contributed by atoms with Crippen molar-refractivity contribution in [3.63, 3.8) is 0 Å². The highest BCUT2D eigenvalue weighted by molar-refractivity contribution is 5.88. The van der Waals surface area contributed by atoms with Crippen LogP contribution in [-0.2, 0) is 0 Å². The molecule has 1 N–H and O–H groups in total. The maximum Gasteiger partial charge on any atom is 0.323 e. The Balaban J connectivity index is 1.53. The molecule has 1 fully saturated rings. The van der Waals surface area contributed by atoms with Gasteiger partial charge in [0.2, 0.25) is 0 Å². The summed E-state index contributed by atoms with van der Waals surface area (Å²) < 4.78 is 5.81. The molecule has 3 rings (SSSR count). The Morgan fingerprint density at radius 2 is 2.24 bits per heavy atom. The van der Waals surface area contributed by atoms with Crippen LogP contribution in [-0.4, -0.2) is 40.1 Å². The molecule has 6 nitrogen and oxygen atoms in total. The molecule has 2 aromatic rings. The summed E-state index contributed by atoms with van der Waals surface area (Å²) >= 11 is 0. The molecule has 0 aliphatic carbocycles. The molecule has 0 bridgehead atoms. The lowest BCUT2D eigenvalue weighted by atomic mass is 10.3. The van der Waals surface area contributed by atoms with Crippen LogP contribution in [0.1, 0.15) is 6.42 Å². The van der Waals surface area contributed by atoms with Gasteiger partial charge in [-0.25, -0.2) is 9.78 Å². The van der Waals surface area contributed by atoms with Crippen LogP contribution in [0.4, 0.5) is 10.6 Å². The fraction of sp³-hybridized carbons (Fsp3) is 0.267. The number of nitrogens with zero attached hydrogens (tertiary/aromatic N) is 3. The maximum atomic E-state index is 12.1. The highest BCUT2D eigenvalue weighted by Crippen LogP contribution is 2.18. The third-order valence-electron chi connectivity index (χ3n) is 3.27. The van der Waals surface area contributed by atoms with Gasteiger partial charge in [0.15, 0.2) is 0 Å². The minimum atomic E-state index is -0.147. The van der Waals surface area contributed by atoms with E-state index in [0.29, 0.717) is 18.9 Å². The van der Waals surface area contributed by atoms with Gasteiger partial charge in [-0.1, -0.05) is 6.07 Å². The molecule has 21 heavy (non-hydrogen) atoms. The molecule has 1 aliphatic rings. The molecule has 0 radical (unpaired) electrons. The Morgan fingerprint density at radius 1 is 1.29 bits per heavy atom. The molecule has 0 unspecified atom stereocenters. The lowest BCUT2D eigenvalue weighted by Crippen LogP contribution is -2.34. The fourth-order valence-corrected chi connectivity index (χ4v) is 2.24. The summed E-state index contributed by atoms with van der Waals surface area (Å²) in [7, 11) is 0. The highest BCUT2D eigenvalue weighted by atomic mass is 16.5. The Bertz CT molecular complexity index is 591. The molecular weight excluding hydrogens is 268 g/mol. The van der Waals surface area contributed by atoms with Crippen LogP contribution < -0.4 is 10.1 Å². The second-order valence-corrected chi connectivity index (χ2v) is 4.81. The Hall–Kier alpha value is -2.63. The summed E-state index contributed by atoms with van der Waals surface area (Å²) in [5.41, 5.74) is 0. The zero-order chi connectivity index (χ0) is 14.5. The molecule has 0 saturated carbocycles. The molecule has 0 spiro atoms. The molecule has 6 heteroatoms. The van der Waals surface area contributed by atoms with E-state index in [2.05, 4.69) is 15.3 Å². The number of likely N-dealkylation sites (tertiary alicyclic amines) is 1. The number of hydrogen-bond acceptors (Lipinski definition) is 4. The summed E-state index contributed by atoms with van der Waals surface area (Å²) in [5, 5.41) is 2.78. The molecule has 1 atom stereocenters. The average Bonchev–Trinajstić information content (AvgIpc) is 2.98. The first-order valence-electron chi connectivity index (χ1n) is 6.85. The normalized spacial score (nSPS) is 17.5. The number of ether oxygens (including phenoxy) is 1. The van der Waals surface area contributed by atoms with Crippen LogP contribution in [0.25, 0.3) is 0 Å². The van der Waals surface area contributed by atoms with E-state index < -0.39 is 0 Å². The number of urea groups is 1. The van der Waals surface area contributed by atoms with Crippen molar-refractivity contribution in [1.29, 1.82) is 0 Å². The average molecular weight is 284 g/mol. The van der Waals surface area contributed by atoms with Crippen molar-refractivity contribution >= 4 is 11.8 Å². The van der Waals surface area contributed by atoms with E-state index in [1.54, 1.807) is 29.6 Å². The van der Waals surface area contributed by atoms with Gasteiger partial charge < -0.3 is 9.64 Å². The molecule has 2 amide bonds. The molecule has 108 valence electrons. The number of carbonyl (C=O) groups is 1. The third kappa shape index (κ3) is 3.47. The van der Waals surface area contributed by atoms with Crippen molar-refractivity contribution in [2.75, 3.05) is 18.4 Å². The molecule has 1 saturated heterocycles. The predicted molar refractivity (Wildman–Crippen MR) is 78.1 cm³/mol. The maximum absolute atomic E-state index is 12.1. The minimum Gasteiger partial charge on any atom is -0.487 e. The van der Waals surface area contributed by atoms with Crippen LogP contribution in [0.15, 0.2) is 48.9 Å². The zero-order valence-electron chi connectivity index (χ0n) is 11.5. The summed E-state index contributed by atoms with van der Waals surface area (Å²) in [6, 6.07) is 8.95. The van der Waals surface area contributed by atoms with Crippen molar-refractivity contribution in [2.45, 2.75) is 12.5 Å². The topological polar surface area (TPSA) is 67.4 Å². The second-order valence-electron chi connectivity index (χ2n) is 4.81. The standard InChI is InChI=1S/C15H16N4O2/c20-15(18-14-5-1-2-8-17-14)19-9-6-13(11-19)21-12-4-3-7-16-10-12/h1-5,7-8,10,13H,6,9,11H2,(H,17,18,20)/t13-/m1/s1. The SMILES string of the molecule is O=C(Nc1ccccn1)N1CC[C@@H](Oc2cccnc2)C1. The van der Waals surface area contributed by atoms with E-state index in [1.807, 2.05) is 24.3 Å². The Kier molecular flexibility index (Phi) is 3.95. The largest absolute Gasteiger partial charge is 0.487 e. The lowest BCUT2D eigenvalue weighted by molar-refractivity contribution is 0.194. The van der Waals surface area contributed by atoms with Crippen LogP contribution in [0.2, 0.25) is 0 Å². The quantitative estimate of drug-likeness (QED) is 0.938. The van der Waals surface area contributed by atoms with Gasteiger partial charge in [0.25, 0.3) is 0 Å². The molecule has 2 aromatic heterocycles. The number of pyridine rings is 2. The Labute approximate surface area is 122 Å². The predicted octanol–water partition coefficient (Wildman–Crippen LogP) is 2.16. The van der Waals surface area contributed by atoms with Crippen molar-refractivity contribution in [1.82, 2.24) is 14.9 Å². The van der Waals surface area contributed by atoms with Gasteiger partial charge in [-0.3, -0.25) is 10.3 Å². The van der Waals surface area contributed by atoms with E-state index >= 15 is 0 Å². The summed E-state index contributed by atoms with van der Waals surface area (Å²) in [4.78, 5) is 21.9. The summed E-state index contributed by atoms with van der Waals surface area (Å²) in [6.07, 6.45) is 5.84. The first-order valence-corrected chi connectivity index (χ1v) is 6.85. The first kappa shape index (κ1) is 13.4. The van der Waals surface area contributed by atoms with E-state index in [-0.39, 0.29) is 12.1 Å². The fourth-order valence-electron chi connectivity index (χ4n) is 2.24. The number of rotatable bonds is 3. The second kappa shape index (κ2) is 6.21. The van der Waals surface area contributed by atoms with Gasteiger partial charge in [0.05, 0.1) is 12.7 Å². The molecule has 1 aliphatic heterocycles. The highest BCUT2D eigenvalue weighted by Gasteiger charge is 2.27. The van der Waals surface area contributed by atoms with E-state index in [0.717, 1.165) is 12.2 Å². The van der Waals surface area contributed by atoms with Crippen molar-refractivity contribution < 1.29 is 9.53 Å². The smallest absolute Gasteiger partial charge is 0.323 e. The van der Waals surface area contributed by atoms with E-state index in [9.17, 15) is 4.79 Å². The van der Waals surface area contributed by atoms with Crippen LogP contribution in [0.5, 0.6) is 5.75 Å². The number of aromatic nitrogens is 2. The number of amides is 2. The van der Waals surface area contributed by atoms with Crippen molar-refractivity contribution in [2.24, 2.45) is 0 Å². The first-order chi connectivity index (χ1) is 10.3. The minimum absolute atomic E-state index is 0.00341. The van der Waals surface area contributed by atoms with Crippen LogP contribution >= 0.6 is 0 Å². The molecular formula is C15H16N4O2.